The minimum absolute atomic E-state index is 0.0309. The van der Waals surface area contributed by atoms with E-state index in [-0.39, 0.29) is 11.8 Å². The number of nitrogens with zero attached hydrogens (tertiary/aromatic N) is 4. The van der Waals surface area contributed by atoms with Gasteiger partial charge in [-0.1, -0.05) is 17.7 Å². The van der Waals surface area contributed by atoms with Crippen LogP contribution in [-0.4, -0.2) is 57.8 Å². The lowest BCUT2D eigenvalue weighted by molar-refractivity contribution is -0.130. The van der Waals surface area contributed by atoms with Crippen LogP contribution < -0.4 is 5.32 Å². The van der Waals surface area contributed by atoms with Crippen LogP contribution >= 0.6 is 11.6 Å². The van der Waals surface area contributed by atoms with Gasteiger partial charge in [0.15, 0.2) is 0 Å². The number of aryl methyl sites for hydroxylation is 2. The highest BCUT2D eigenvalue weighted by atomic mass is 35.5. The molecule has 8 heteroatoms. The highest BCUT2D eigenvalue weighted by Gasteiger charge is 2.24. The molecule has 1 saturated heterocycles. The molecular weight excluding hydrogens is 366 g/mol. The second kappa shape index (κ2) is 7.92. The van der Waals surface area contributed by atoms with Gasteiger partial charge in [0, 0.05) is 49.9 Å². The van der Waals surface area contributed by atoms with Crippen LogP contribution in [0.2, 0.25) is 5.02 Å². The third kappa shape index (κ3) is 4.54. The van der Waals surface area contributed by atoms with Crippen molar-refractivity contribution in [2.24, 2.45) is 0 Å². The fourth-order valence-electron chi connectivity index (χ4n) is 2.99. The predicted octanol–water partition coefficient (Wildman–Crippen LogP) is 2.79. The van der Waals surface area contributed by atoms with E-state index in [2.05, 4.69) is 15.3 Å². The lowest BCUT2D eigenvalue weighted by atomic mass is 10.2. The molecule has 0 bridgehead atoms. The summed E-state index contributed by atoms with van der Waals surface area (Å²) in [6.07, 6.45) is 0. The van der Waals surface area contributed by atoms with E-state index in [9.17, 15) is 9.59 Å². The summed E-state index contributed by atoms with van der Waals surface area (Å²) < 4.78 is 0. The van der Waals surface area contributed by atoms with Crippen molar-refractivity contribution >= 4 is 34.9 Å². The van der Waals surface area contributed by atoms with Crippen molar-refractivity contribution in [3.05, 3.63) is 46.4 Å². The Morgan fingerprint density at radius 3 is 2.37 bits per heavy atom. The van der Waals surface area contributed by atoms with Gasteiger partial charge < -0.3 is 15.1 Å². The highest BCUT2D eigenvalue weighted by Crippen LogP contribution is 2.24. The van der Waals surface area contributed by atoms with Crippen LogP contribution in [-0.2, 0) is 4.79 Å². The zero-order valence-electron chi connectivity index (χ0n) is 15.6. The van der Waals surface area contributed by atoms with E-state index in [0.717, 1.165) is 11.3 Å². The molecule has 2 aromatic rings. The smallest absolute Gasteiger partial charge is 0.272 e. The van der Waals surface area contributed by atoms with Crippen LogP contribution in [0.3, 0.4) is 0 Å². The van der Waals surface area contributed by atoms with Crippen molar-refractivity contribution in [2.75, 3.05) is 31.5 Å². The zero-order valence-corrected chi connectivity index (χ0v) is 16.4. The van der Waals surface area contributed by atoms with E-state index in [1.807, 2.05) is 25.1 Å². The number of rotatable bonds is 3. The van der Waals surface area contributed by atoms with Gasteiger partial charge in [-0.05, 0) is 31.5 Å². The van der Waals surface area contributed by atoms with E-state index < -0.39 is 0 Å². The molecule has 1 fully saturated rings. The number of benzene rings is 1. The first-order valence-corrected chi connectivity index (χ1v) is 9.15. The van der Waals surface area contributed by atoms with Crippen molar-refractivity contribution in [1.29, 1.82) is 0 Å². The Labute approximate surface area is 163 Å². The Bertz CT molecular complexity index is 878. The summed E-state index contributed by atoms with van der Waals surface area (Å²) in [6, 6.07) is 7.20. The quantitative estimate of drug-likeness (QED) is 0.876. The van der Waals surface area contributed by atoms with Gasteiger partial charge in [-0.2, -0.15) is 0 Å². The van der Waals surface area contributed by atoms with Crippen molar-refractivity contribution in [3.63, 3.8) is 0 Å². The maximum atomic E-state index is 12.8. The summed E-state index contributed by atoms with van der Waals surface area (Å²) in [7, 11) is 0. The number of amides is 2. The Morgan fingerprint density at radius 2 is 1.70 bits per heavy atom. The first kappa shape index (κ1) is 19.1. The molecule has 1 N–H and O–H groups in total. The molecule has 1 aromatic heterocycles. The van der Waals surface area contributed by atoms with Crippen LogP contribution in [0, 0.1) is 13.8 Å². The molecular formula is C19H22ClN5O2. The van der Waals surface area contributed by atoms with Gasteiger partial charge in [-0.3, -0.25) is 9.59 Å². The predicted molar refractivity (Wildman–Crippen MR) is 104 cm³/mol. The van der Waals surface area contributed by atoms with Crippen LogP contribution in [0.4, 0.5) is 11.5 Å². The largest absolute Gasteiger partial charge is 0.340 e. The van der Waals surface area contributed by atoms with Crippen LogP contribution in [0.5, 0.6) is 0 Å². The SMILES string of the molecule is CC(=O)N1CCN(C(=O)c2cc(Nc3cc(Cl)ccc3C)nc(C)n2)CC1. The molecule has 0 saturated carbocycles. The molecule has 1 aliphatic heterocycles. The molecule has 2 amide bonds. The first-order valence-electron chi connectivity index (χ1n) is 8.77. The van der Waals surface area contributed by atoms with Crippen LogP contribution in [0.15, 0.2) is 24.3 Å². The number of aromatic nitrogens is 2. The Morgan fingerprint density at radius 1 is 1.04 bits per heavy atom. The summed E-state index contributed by atoms with van der Waals surface area (Å²) in [6.45, 7) is 7.33. The maximum Gasteiger partial charge on any atom is 0.272 e. The summed E-state index contributed by atoms with van der Waals surface area (Å²) in [5.74, 6) is 0.918. The zero-order chi connectivity index (χ0) is 19.6. The molecule has 0 radical (unpaired) electrons. The number of carbonyl (C=O) groups is 2. The Kier molecular flexibility index (Phi) is 5.60. The summed E-state index contributed by atoms with van der Waals surface area (Å²) >= 11 is 6.07. The fourth-order valence-corrected chi connectivity index (χ4v) is 3.17. The maximum absolute atomic E-state index is 12.8. The van der Waals surface area contributed by atoms with Gasteiger partial charge in [-0.15, -0.1) is 0 Å². The first-order chi connectivity index (χ1) is 12.8. The molecule has 7 nitrogen and oxygen atoms in total. The second-order valence-corrected chi connectivity index (χ2v) is 7.00. The highest BCUT2D eigenvalue weighted by molar-refractivity contribution is 6.30. The Hall–Kier alpha value is -2.67. The molecule has 1 aliphatic rings. The van der Waals surface area contributed by atoms with Gasteiger partial charge in [-0.25, -0.2) is 9.97 Å². The van der Waals surface area contributed by atoms with E-state index >= 15 is 0 Å². The average Bonchev–Trinajstić information content (AvgIpc) is 2.63. The van der Waals surface area contributed by atoms with Gasteiger partial charge in [0.2, 0.25) is 5.91 Å². The van der Waals surface area contributed by atoms with Gasteiger partial charge in [0.25, 0.3) is 5.91 Å². The molecule has 1 aromatic carbocycles. The molecule has 0 aliphatic carbocycles. The molecule has 2 heterocycles. The van der Waals surface area contributed by atoms with Crippen molar-refractivity contribution < 1.29 is 9.59 Å². The number of halogens is 1. The number of nitrogens with one attached hydrogen (secondary N) is 1. The van der Waals surface area contributed by atoms with E-state index in [1.165, 1.54) is 0 Å². The van der Waals surface area contributed by atoms with Gasteiger partial charge >= 0.3 is 0 Å². The molecule has 0 unspecified atom stereocenters. The van der Waals surface area contributed by atoms with Crippen molar-refractivity contribution in [2.45, 2.75) is 20.8 Å². The number of hydrogen-bond acceptors (Lipinski definition) is 5. The third-order valence-electron chi connectivity index (χ3n) is 4.53. The summed E-state index contributed by atoms with van der Waals surface area (Å²) in [5, 5.41) is 3.83. The average molecular weight is 388 g/mol. The molecule has 0 atom stereocenters. The standard InChI is InChI=1S/C19H22ClN5O2/c1-12-4-5-15(20)10-16(12)23-18-11-17(21-13(2)22-18)19(27)25-8-6-24(7-9-25)14(3)26/h4-5,10-11H,6-9H2,1-3H3,(H,21,22,23). The summed E-state index contributed by atoms with van der Waals surface area (Å²) in [5.41, 5.74) is 2.18. The lowest BCUT2D eigenvalue weighted by Gasteiger charge is -2.34. The monoisotopic (exact) mass is 387 g/mol. The number of piperazine rings is 1. The van der Waals surface area contributed by atoms with Crippen LogP contribution in [0.25, 0.3) is 0 Å². The second-order valence-electron chi connectivity index (χ2n) is 6.57. The molecule has 3 rings (SSSR count). The van der Waals surface area contributed by atoms with Crippen molar-refractivity contribution in [1.82, 2.24) is 19.8 Å². The number of anilines is 2. The molecule has 0 spiro atoms. The minimum Gasteiger partial charge on any atom is -0.340 e. The number of carbonyl (C=O) groups excluding carboxylic acids is 2. The van der Waals surface area contributed by atoms with Gasteiger partial charge in [0.05, 0.1) is 0 Å². The van der Waals surface area contributed by atoms with E-state index in [4.69, 9.17) is 11.6 Å². The number of hydrogen-bond donors (Lipinski definition) is 1. The molecule has 27 heavy (non-hydrogen) atoms. The Balaban J connectivity index is 1.78. The minimum atomic E-state index is -0.158. The third-order valence-corrected chi connectivity index (χ3v) is 4.77. The van der Waals surface area contributed by atoms with E-state index in [0.29, 0.717) is 48.5 Å². The van der Waals surface area contributed by atoms with Crippen molar-refractivity contribution in [3.8, 4) is 0 Å². The van der Waals surface area contributed by atoms with Crippen LogP contribution in [0.1, 0.15) is 28.8 Å². The normalized spacial score (nSPS) is 14.2. The summed E-state index contributed by atoms with van der Waals surface area (Å²) in [4.78, 5) is 36.4. The molecule has 142 valence electrons. The fraction of sp³-hybridized carbons (Fsp3) is 0.368. The topological polar surface area (TPSA) is 78.4 Å². The van der Waals surface area contributed by atoms with E-state index in [1.54, 1.807) is 29.7 Å². The van der Waals surface area contributed by atoms with Gasteiger partial charge in [0.1, 0.15) is 17.3 Å². The lowest BCUT2D eigenvalue weighted by Crippen LogP contribution is -2.50.